The highest BCUT2D eigenvalue weighted by atomic mass is 16.1. The van der Waals surface area contributed by atoms with Gasteiger partial charge in [-0.05, 0) is 50.4 Å². The van der Waals surface area contributed by atoms with Crippen LogP contribution in [0.25, 0.3) is 0 Å². The van der Waals surface area contributed by atoms with Crippen molar-refractivity contribution in [2.24, 2.45) is 5.92 Å². The molecule has 0 radical (unpaired) electrons. The maximum absolute atomic E-state index is 11.8. The standard InChI is InChI=1S/C15H22N2O/c1-11(16-2)13-6-8-14(9-7-13)17-15(18)10-12-4-3-5-12/h6-9,11-12,16H,3-5,10H2,1-2H3,(H,17,18). The molecule has 0 aromatic heterocycles. The van der Waals surface area contributed by atoms with Crippen LogP contribution in [-0.4, -0.2) is 13.0 Å². The monoisotopic (exact) mass is 246 g/mol. The molecule has 98 valence electrons. The predicted octanol–water partition coefficient (Wildman–Crippen LogP) is 3.10. The van der Waals surface area contributed by atoms with Gasteiger partial charge in [-0.1, -0.05) is 18.6 Å². The molecule has 1 unspecified atom stereocenters. The molecule has 18 heavy (non-hydrogen) atoms. The van der Waals surface area contributed by atoms with Crippen molar-refractivity contribution >= 4 is 11.6 Å². The van der Waals surface area contributed by atoms with Gasteiger partial charge in [0.25, 0.3) is 0 Å². The molecular formula is C15H22N2O. The first-order valence-electron chi connectivity index (χ1n) is 6.76. The van der Waals surface area contributed by atoms with Crippen LogP contribution in [0.15, 0.2) is 24.3 Å². The zero-order valence-electron chi connectivity index (χ0n) is 11.2. The molecule has 3 heteroatoms. The number of amides is 1. The maximum Gasteiger partial charge on any atom is 0.224 e. The zero-order valence-corrected chi connectivity index (χ0v) is 11.2. The Labute approximate surface area is 109 Å². The number of hydrogen-bond acceptors (Lipinski definition) is 2. The lowest BCUT2D eigenvalue weighted by atomic mass is 9.83. The van der Waals surface area contributed by atoms with Crippen LogP contribution in [0, 0.1) is 5.92 Å². The lowest BCUT2D eigenvalue weighted by molar-refractivity contribution is -0.117. The van der Waals surface area contributed by atoms with Crippen LogP contribution in [0.4, 0.5) is 5.69 Å². The summed E-state index contributed by atoms with van der Waals surface area (Å²) in [5, 5.41) is 6.16. The smallest absolute Gasteiger partial charge is 0.224 e. The summed E-state index contributed by atoms with van der Waals surface area (Å²) in [5.74, 6) is 0.766. The van der Waals surface area contributed by atoms with Gasteiger partial charge in [-0.2, -0.15) is 0 Å². The third-order valence-corrected chi connectivity index (χ3v) is 3.83. The van der Waals surface area contributed by atoms with Crippen LogP contribution in [0.2, 0.25) is 0 Å². The molecule has 1 saturated carbocycles. The second-order valence-electron chi connectivity index (χ2n) is 5.18. The van der Waals surface area contributed by atoms with Gasteiger partial charge in [0, 0.05) is 18.2 Å². The molecule has 3 nitrogen and oxygen atoms in total. The fourth-order valence-electron chi connectivity index (χ4n) is 2.19. The third kappa shape index (κ3) is 3.33. The Bertz CT molecular complexity index is 395. The number of nitrogens with one attached hydrogen (secondary N) is 2. The number of hydrogen-bond donors (Lipinski definition) is 2. The maximum atomic E-state index is 11.8. The van der Waals surface area contributed by atoms with E-state index in [4.69, 9.17) is 0 Å². The Morgan fingerprint density at radius 2 is 2.00 bits per heavy atom. The van der Waals surface area contributed by atoms with Gasteiger partial charge >= 0.3 is 0 Å². The molecule has 0 bridgehead atoms. The highest BCUT2D eigenvalue weighted by molar-refractivity contribution is 5.90. The Morgan fingerprint density at radius 1 is 1.33 bits per heavy atom. The molecule has 1 aromatic carbocycles. The fraction of sp³-hybridized carbons (Fsp3) is 0.533. The molecular weight excluding hydrogens is 224 g/mol. The molecule has 2 rings (SSSR count). The number of rotatable bonds is 5. The van der Waals surface area contributed by atoms with Crippen molar-refractivity contribution in [1.29, 1.82) is 0 Å². The number of anilines is 1. The highest BCUT2D eigenvalue weighted by Gasteiger charge is 2.20. The molecule has 1 aliphatic rings. The first-order chi connectivity index (χ1) is 8.69. The summed E-state index contributed by atoms with van der Waals surface area (Å²) in [6.45, 7) is 2.12. The van der Waals surface area contributed by atoms with Crippen molar-refractivity contribution in [1.82, 2.24) is 5.32 Å². The van der Waals surface area contributed by atoms with E-state index in [1.807, 2.05) is 19.2 Å². The van der Waals surface area contributed by atoms with Crippen molar-refractivity contribution in [3.8, 4) is 0 Å². The predicted molar refractivity (Wildman–Crippen MR) is 74.5 cm³/mol. The molecule has 1 aromatic rings. The molecule has 0 saturated heterocycles. The average molecular weight is 246 g/mol. The third-order valence-electron chi connectivity index (χ3n) is 3.83. The van der Waals surface area contributed by atoms with E-state index >= 15 is 0 Å². The largest absolute Gasteiger partial charge is 0.326 e. The molecule has 0 heterocycles. The van der Waals surface area contributed by atoms with Crippen LogP contribution in [0.5, 0.6) is 0 Å². The Balaban J connectivity index is 1.87. The van der Waals surface area contributed by atoms with E-state index in [-0.39, 0.29) is 5.91 Å². The highest BCUT2D eigenvalue weighted by Crippen LogP contribution is 2.29. The first-order valence-corrected chi connectivity index (χ1v) is 6.76. The lowest BCUT2D eigenvalue weighted by Crippen LogP contribution is -2.20. The summed E-state index contributed by atoms with van der Waals surface area (Å²) in [4.78, 5) is 11.8. The minimum atomic E-state index is 0.147. The van der Waals surface area contributed by atoms with Crippen molar-refractivity contribution in [3.05, 3.63) is 29.8 Å². The van der Waals surface area contributed by atoms with E-state index < -0.39 is 0 Å². The number of carbonyl (C=O) groups excluding carboxylic acids is 1. The van der Waals surface area contributed by atoms with Gasteiger partial charge in [0.1, 0.15) is 0 Å². The topological polar surface area (TPSA) is 41.1 Å². The molecule has 2 N–H and O–H groups in total. The molecule has 0 aliphatic heterocycles. The number of carbonyl (C=O) groups is 1. The minimum Gasteiger partial charge on any atom is -0.326 e. The van der Waals surface area contributed by atoms with E-state index in [0.29, 0.717) is 18.4 Å². The first kappa shape index (κ1) is 13.1. The van der Waals surface area contributed by atoms with Crippen LogP contribution in [0.1, 0.15) is 44.2 Å². The van der Waals surface area contributed by atoms with Gasteiger partial charge in [0.2, 0.25) is 5.91 Å². The van der Waals surface area contributed by atoms with Crippen molar-refractivity contribution in [3.63, 3.8) is 0 Å². The van der Waals surface area contributed by atoms with Gasteiger partial charge in [0.15, 0.2) is 0 Å². The quantitative estimate of drug-likeness (QED) is 0.838. The van der Waals surface area contributed by atoms with E-state index in [1.54, 1.807) is 0 Å². The summed E-state index contributed by atoms with van der Waals surface area (Å²) < 4.78 is 0. The van der Waals surface area contributed by atoms with Gasteiger partial charge in [-0.15, -0.1) is 0 Å². The van der Waals surface area contributed by atoms with Gasteiger partial charge < -0.3 is 10.6 Å². The summed E-state index contributed by atoms with van der Waals surface area (Å²) in [7, 11) is 1.94. The van der Waals surface area contributed by atoms with E-state index in [0.717, 1.165) is 5.69 Å². The second-order valence-corrected chi connectivity index (χ2v) is 5.18. The van der Waals surface area contributed by atoms with Crippen molar-refractivity contribution in [2.75, 3.05) is 12.4 Å². The SMILES string of the molecule is CNC(C)c1ccc(NC(=O)CC2CCC2)cc1. The zero-order chi connectivity index (χ0) is 13.0. The molecule has 1 amide bonds. The normalized spacial score (nSPS) is 17.0. The lowest BCUT2D eigenvalue weighted by Gasteiger charge is -2.24. The average Bonchev–Trinajstić information content (AvgIpc) is 2.34. The summed E-state index contributed by atoms with van der Waals surface area (Å²) in [6.07, 6.45) is 4.39. The summed E-state index contributed by atoms with van der Waals surface area (Å²) >= 11 is 0. The van der Waals surface area contributed by atoms with Crippen molar-refractivity contribution < 1.29 is 4.79 Å². The minimum absolute atomic E-state index is 0.147. The van der Waals surface area contributed by atoms with Crippen LogP contribution < -0.4 is 10.6 Å². The Morgan fingerprint density at radius 3 is 2.50 bits per heavy atom. The number of benzene rings is 1. The Kier molecular flexibility index (Phi) is 4.37. The van der Waals surface area contributed by atoms with Crippen LogP contribution in [-0.2, 0) is 4.79 Å². The fourth-order valence-corrected chi connectivity index (χ4v) is 2.19. The van der Waals surface area contributed by atoms with Crippen LogP contribution in [0.3, 0.4) is 0 Å². The van der Waals surface area contributed by atoms with Crippen molar-refractivity contribution in [2.45, 2.75) is 38.6 Å². The van der Waals surface area contributed by atoms with E-state index in [9.17, 15) is 4.79 Å². The van der Waals surface area contributed by atoms with Gasteiger partial charge in [0.05, 0.1) is 0 Å². The molecule has 0 spiro atoms. The summed E-state index contributed by atoms with van der Waals surface area (Å²) in [6, 6.07) is 8.40. The van der Waals surface area contributed by atoms with Gasteiger partial charge in [-0.3, -0.25) is 4.79 Å². The van der Waals surface area contributed by atoms with Crippen LogP contribution >= 0.6 is 0 Å². The Hall–Kier alpha value is -1.35. The van der Waals surface area contributed by atoms with E-state index in [1.165, 1.54) is 24.8 Å². The molecule has 1 atom stereocenters. The van der Waals surface area contributed by atoms with E-state index in [2.05, 4.69) is 29.7 Å². The van der Waals surface area contributed by atoms with Gasteiger partial charge in [-0.25, -0.2) is 0 Å². The molecule has 1 aliphatic carbocycles. The second kappa shape index (κ2) is 6.01. The molecule has 1 fully saturated rings. The summed E-state index contributed by atoms with van der Waals surface area (Å²) in [5.41, 5.74) is 2.13.